The molecule has 0 aliphatic rings. The van der Waals surface area contributed by atoms with E-state index in [1.165, 1.54) is 27.8 Å². The molecule has 43 heavy (non-hydrogen) atoms. The number of hydrogen-bond acceptors (Lipinski definition) is 2. The predicted molar refractivity (Wildman–Crippen MR) is 174 cm³/mol. The maximum atomic E-state index is 4.54. The summed E-state index contributed by atoms with van der Waals surface area (Å²) in [4.78, 5) is 9.06. The van der Waals surface area contributed by atoms with Crippen LogP contribution in [0.15, 0.2) is 140 Å². The molecule has 2 aromatic heterocycles. The molecule has 0 saturated carbocycles. The molecule has 0 spiro atoms. The molecule has 0 atom stereocenters. The Bertz CT molecular complexity index is 1670. The first kappa shape index (κ1) is 31.8. The van der Waals surface area contributed by atoms with Crippen molar-refractivity contribution < 1.29 is 20.1 Å². The fraction of sp³-hybridized carbons (Fsp3) is 0.150. The third-order valence-electron chi connectivity index (χ3n) is 7.08. The maximum absolute atomic E-state index is 4.54. The Balaban J connectivity index is 0.000000195. The quantitative estimate of drug-likeness (QED) is 0.159. The zero-order chi connectivity index (χ0) is 29.2. The fourth-order valence-electron chi connectivity index (χ4n) is 4.72. The molecule has 2 heterocycles. The van der Waals surface area contributed by atoms with Crippen LogP contribution in [-0.2, 0) is 38.4 Å². The van der Waals surface area contributed by atoms with Gasteiger partial charge < -0.3 is 9.97 Å². The normalized spacial score (nSPS) is 10.7. The van der Waals surface area contributed by atoms with Gasteiger partial charge in [0.15, 0.2) is 0 Å². The Hall–Kier alpha value is -4.17. The van der Waals surface area contributed by atoms with Crippen molar-refractivity contribution in [3.05, 3.63) is 180 Å². The van der Waals surface area contributed by atoms with Gasteiger partial charge in [-0.3, -0.25) is 0 Å². The van der Waals surface area contributed by atoms with Crippen LogP contribution in [0.1, 0.15) is 48.6 Å². The summed E-state index contributed by atoms with van der Waals surface area (Å²) in [7, 11) is 0. The fourth-order valence-corrected chi connectivity index (χ4v) is 4.72. The topological polar surface area (TPSA) is 25.8 Å². The number of aromatic nitrogens is 2. The maximum Gasteiger partial charge on any atom is 0.0196 e. The minimum atomic E-state index is 0. The molecule has 0 unspecified atom stereocenters. The summed E-state index contributed by atoms with van der Waals surface area (Å²) in [6.07, 6.45) is 5.69. The molecule has 6 rings (SSSR count). The van der Waals surface area contributed by atoms with E-state index >= 15 is 0 Å². The molecule has 217 valence electrons. The number of pyridine rings is 2. The Labute approximate surface area is 270 Å². The second-order valence-corrected chi connectivity index (χ2v) is 11.4. The average molecular weight is 737 g/mol. The molecule has 0 aliphatic heterocycles. The number of rotatable bonds is 6. The summed E-state index contributed by atoms with van der Waals surface area (Å²) >= 11 is 0. The van der Waals surface area contributed by atoms with E-state index in [0.29, 0.717) is 0 Å². The van der Waals surface area contributed by atoms with Crippen LogP contribution in [0.3, 0.4) is 0 Å². The Morgan fingerprint density at radius 2 is 1.19 bits per heavy atom. The van der Waals surface area contributed by atoms with Gasteiger partial charge in [-0.2, -0.15) is 0 Å². The standard InChI is InChI=1S/C22H22N.C18H14N.Ir/c1-22(2,3)20-11-7-10-19(16-20)21-15-18(12-13-23-21)14-17-8-5-4-6-9-17;1-3-7-15(8-4-1)13-16-11-12-18(19-14-16)17-9-5-2-6-10-17;/h4-9,11-13,15-16H,14H2,1-3H3;1-9,11-12,14H,13H2;/q2*-1;. The van der Waals surface area contributed by atoms with Crippen LogP contribution < -0.4 is 0 Å². The number of hydrogen-bond donors (Lipinski definition) is 0. The van der Waals surface area contributed by atoms with E-state index < -0.39 is 0 Å². The Kier molecular flexibility index (Phi) is 11.3. The van der Waals surface area contributed by atoms with Crippen LogP contribution in [0.25, 0.3) is 22.5 Å². The van der Waals surface area contributed by atoms with Crippen molar-refractivity contribution in [2.45, 2.75) is 39.0 Å². The summed E-state index contributed by atoms with van der Waals surface area (Å²) in [6.45, 7) is 6.68. The molecule has 0 aliphatic carbocycles. The molecule has 3 heteroatoms. The van der Waals surface area contributed by atoms with Crippen molar-refractivity contribution in [2.75, 3.05) is 0 Å². The van der Waals surface area contributed by atoms with E-state index in [0.717, 1.165) is 35.4 Å². The summed E-state index contributed by atoms with van der Waals surface area (Å²) in [5.41, 5.74) is 10.6. The summed E-state index contributed by atoms with van der Waals surface area (Å²) in [5.74, 6) is 0. The molecule has 0 saturated heterocycles. The van der Waals surface area contributed by atoms with Gasteiger partial charge in [0.25, 0.3) is 0 Å². The third kappa shape index (κ3) is 9.41. The molecule has 4 aromatic carbocycles. The van der Waals surface area contributed by atoms with Gasteiger partial charge in [-0.05, 0) is 58.0 Å². The van der Waals surface area contributed by atoms with E-state index in [1.54, 1.807) is 0 Å². The third-order valence-corrected chi connectivity index (χ3v) is 7.08. The molecule has 6 aromatic rings. The van der Waals surface area contributed by atoms with Crippen molar-refractivity contribution in [3.8, 4) is 22.5 Å². The van der Waals surface area contributed by atoms with Gasteiger partial charge in [0, 0.05) is 32.5 Å². The van der Waals surface area contributed by atoms with Gasteiger partial charge in [-0.15, -0.1) is 71.3 Å². The molecule has 0 bridgehead atoms. The first-order valence-corrected chi connectivity index (χ1v) is 14.4. The van der Waals surface area contributed by atoms with Crippen LogP contribution >= 0.6 is 0 Å². The smallest absolute Gasteiger partial charge is 0.0196 e. The van der Waals surface area contributed by atoms with Crippen LogP contribution in [0.2, 0.25) is 0 Å². The first-order chi connectivity index (χ1) is 20.4. The molecule has 0 amide bonds. The predicted octanol–water partition coefficient (Wildman–Crippen LogP) is 9.57. The van der Waals surface area contributed by atoms with E-state index in [-0.39, 0.29) is 25.5 Å². The van der Waals surface area contributed by atoms with E-state index in [9.17, 15) is 0 Å². The van der Waals surface area contributed by atoms with Crippen LogP contribution in [0.4, 0.5) is 0 Å². The van der Waals surface area contributed by atoms with Gasteiger partial charge in [0.2, 0.25) is 0 Å². The monoisotopic (exact) mass is 737 g/mol. The van der Waals surface area contributed by atoms with Crippen molar-refractivity contribution >= 4 is 0 Å². The molecular weight excluding hydrogens is 701 g/mol. The molecular formula is C40H36IrN2-2. The van der Waals surface area contributed by atoms with Gasteiger partial charge >= 0.3 is 0 Å². The Morgan fingerprint density at radius 3 is 1.79 bits per heavy atom. The second-order valence-electron chi connectivity index (χ2n) is 11.4. The largest absolute Gasteiger partial charge is 0.305 e. The van der Waals surface area contributed by atoms with E-state index in [4.69, 9.17) is 0 Å². The van der Waals surface area contributed by atoms with Crippen LogP contribution in [0.5, 0.6) is 0 Å². The van der Waals surface area contributed by atoms with Crippen molar-refractivity contribution in [1.29, 1.82) is 0 Å². The number of benzene rings is 4. The van der Waals surface area contributed by atoms with Gasteiger partial charge in [0.05, 0.1) is 0 Å². The van der Waals surface area contributed by atoms with Crippen LogP contribution in [0, 0.1) is 12.1 Å². The van der Waals surface area contributed by atoms with Crippen LogP contribution in [-0.4, -0.2) is 9.97 Å². The SMILES string of the molecule is CC(C)(C)c1cc[c-]c(-c2cc(Cc3ccccc3)ccn2)c1.[Ir].[c-]1ccccc1-c1ccc(Cc2ccccc2)cn1. The van der Waals surface area contributed by atoms with Gasteiger partial charge in [-0.25, -0.2) is 0 Å². The molecule has 2 nitrogen and oxygen atoms in total. The minimum Gasteiger partial charge on any atom is -0.305 e. The average Bonchev–Trinajstić information content (AvgIpc) is 3.03. The second kappa shape index (κ2) is 15.3. The number of nitrogens with zero attached hydrogens (tertiary/aromatic N) is 2. The molecule has 0 N–H and O–H groups in total. The Morgan fingerprint density at radius 1 is 0.535 bits per heavy atom. The van der Waals surface area contributed by atoms with Gasteiger partial charge in [-0.1, -0.05) is 99.6 Å². The minimum absolute atomic E-state index is 0. The van der Waals surface area contributed by atoms with Crippen molar-refractivity contribution in [2.24, 2.45) is 0 Å². The summed E-state index contributed by atoms with van der Waals surface area (Å²) in [5, 5.41) is 0. The zero-order valence-corrected chi connectivity index (χ0v) is 27.3. The molecule has 1 radical (unpaired) electrons. The summed E-state index contributed by atoms with van der Waals surface area (Å²) in [6, 6.07) is 50.2. The molecule has 0 fully saturated rings. The first-order valence-electron chi connectivity index (χ1n) is 14.4. The van der Waals surface area contributed by atoms with Crippen molar-refractivity contribution in [1.82, 2.24) is 9.97 Å². The zero-order valence-electron chi connectivity index (χ0n) is 24.9. The van der Waals surface area contributed by atoms with E-state index in [2.05, 4.69) is 134 Å². The van der Waals surface area contributed by atoms with Crippen molar-refractivity contribution in [3.63, 3.8) is 0 Å². The van der Waals surface area contributed by atoms with E-state index in [1.807, 2.05) is 48.8 Å². The van der Waals surface area contributed by atoms with Gasteiger partial charge in [0.1, 0.15) is 0 Å². The summed E-state index contributed by atoms with van der Waals surface area (Å²) < 4.78 is 0.